The molecule has 0 aliphatic heterocycles. The topological polar surface area (TPSA) is 256 Å². The minimum absolute atomic E-state index is 0.0327. The van der Waals surface area contributed by atoms with Gasteiger partial charge in [0.15, 0.2) is 16.6 Å². The molecule has 11 aromatic rings. The van der Waals surface area contributed by atoms with Gasteiger partial charge in [0.2, 0.25) is 0 Å². The number of aliphatic hydroxyl groups excluding tert-OH is 2. The van der Waals surface area contributed by atoms with Gasteiger partial charge in [-0.3, -0.25) is 23.5 Å². The number of rotatable bonds is 23. The molecular weight excluding hydrogens is 1480 g/mol. The predicted octanol–water partition coefficient (Wildman–Crippen LogP) is 17.7. The first-order valence-corrected chi connectivity index (χ1v) is 42.3. The van der Waals surface area contributed by atoms with E-state index < -0.39 is 21.9 Å². The summed E-state index contributed by atoms with van der Waals surface area (Å²) in [7, 11) is 10.7. The van der Waals surface area contributed by atoms with Crippen LogP contribution in [0.3, 0.4) is 0 Å². The molecule has 0 spiro atoms. The van der Waals surface area contributed by atoms with E-state index in [0.717, 1.165) is 154 Å². The Morgan fingerprint density at radius 2 is 0.822 bits per heavy atom. The van der Waals surface area contributed by atoms with E-state index >= 15 is 0 Å². The number of phenolic OH excluding ortho intramolecular Hbond substituents is 1. The quantitative estimate of drug-likeness (QED) is 0.0397. The highest BCUT2D eigenvalue weighted by atomic mass is 79.9. The van der Waals surface area contributed by atoms with Gasteiger partial charge in [-0.05, 0) is 219 Å². The summed E-state index contributed by atoms with van der Waals surface area (Å²) in [5.74, 6) is 4.94. The Morgan fingerprint density at radius 1 is 0.477 bits per heavy atom. The van der Waals surface area contributed by atoms with Crippen LogP contribution in [0.1, 0.15) is 97.6 Å². The molecule has 0 fully saturated rings. The normalized spacial score (nSPS) is 11.5. The minimum atomic E-state index is -1.82. The zero-order chi connectivity index (χ0) is 78.9. The number of phenols is 1. The SMILES string of the molecule is COc1ccc(-c2cc(CCO)n(C)n2)cc1.COc1ccc(-c2nn(C)c(CCO[Si](C)(C)C(C)(C)C)c2-c2c(C)noc2C)cc1.COc1ccc(-c2nn(C)c(CCO[Si](C)(C)C(C)(C)C)c2Br)cc1.COc1ccc(C(=O)Cl)cc1.Cc1noc(C)c1-c1c(-c2ccc(O)cc2)nn(C)c1CCO. The zero-order valence-electron chi connectivity index (χ0n) is 66.0. The Labute approximate surface area is 645 Å². The second-order valence-corrected chi connectivity index (χ2v) is 39.5. The lowest BCUT2D eigenvalue weighted by atomic mass is 9.96. The van der Waals surface area contributed by atoms with Crippen molar-refractivity contribution in [3.05, 3.63) is 183 Å². The van der Waals surface area contributed by atoms with Gasteiger partial charge in [0.05, 0.1) is 66.8 Å². The summed E-state index contributed by atoms with van der Waals surface area (Å²) in [6, 6.07) is 39.3. The third kappa shape index (κ3) is 21.7. The molecule has 0 bridgehead atoms. The molecule has 11 rings (SSSR count). The molecule has 0 saturated heterocycles. The molecule has 6 aromatic heterocycles. The number of aromatic hydroxyl groups is 1. The van der Waals surface area contributed by atoms with E-state index in [1.165, 1.54) is 0 Å². The molecule has 3 N–H and O–H groups in total. The fourth-order valence-electron chi connectivity index (χ4n) is 11.2. The minimum Gasteiger partial charge on any atom is -0.508 e. The highest BCUT2D eigenvalue weighted by Gasteiger charge is 2.38. The van der Waals surface area contributed by atoms with Gasteiger partial charge in [-0.1, -0.05) is 51.9 Å². The Balaban J connectivity index is 0.000000193. The Hall–Kier alpha value is -8.93. The Kier molecular flexibility index (Phi) is 30.1. The van der Waals surface area contributed by atoms with E-state index in [9.17, 15) is 15.0 Å². The highest BCUT2D eigenvalue weighted by Crippen LogP contribution is 2.43. The second kappa shape index (κ2) is 37.7. The second-order valence-electron chi connectivity index (χ2n) is 28.8. The van der Waals surface area contributed by atoms with Crippen molar-refractivity contribution in [1.82, 2.24) is 49.4 Å². The number of benzene rings is 5. The van der Waals surface area contributed by atoms with Crippen LogP contribution in [0.5, 0.6) is 28.7 Å². The van der Waals surface area contributed by atoms with Crippen LogP contribution in [0.4, 0.5) is 0 Å². The number of ether oxygens (including phenoxy) is 4. The largest absolute Gasteiger partial charge is 0.508 e. The standard InChI is InChI=1S/C24H35N3O3Si.C19H29BrN2O2Si.C17H19N3O3.C13H16N2O2.C8H7ClO2/c1-16-21(17(2)30-26-16)22-20(14-15-29-31(8,9)24(3,4)5)27(6)25-23(22)18-10-12-19(28-7)13-11-18;1-19(2,3)25(6,7)24-13-12-16-17(20)18(21-22(16)4)14-8-10-15(23-5)11-9-14;1-10-15(11(2)23-19-10)16-14(8-9-21)20(3)18-17(16)12-4-6-13(22)7-5-12;1-15-11(7-8-16)9-13(14-15)10-3-5-12(17-2)6-4-10;1-11-7-4-2-6(3-5-7)8(9)10/h10-13H,14-15H2,1-9H3;8-11H,12-13H2,1-7H3;4-7,21-22H,8-9H2,1-3H3;3-6,9,16H,7-8H2,1-2H3;2-5H,1H3. The first-order valence-electron chi connectivity index (χ1n) is 35.3. The van der Waals surface area contributed by atoms with Crippen LogP contribution in [-0.4, -0.2) is 141 Å². The summed E-state index contributed by atoms with van der Waals surface area (Å²) in [6.45, 7) is 32.0. The lowest BCUT2D eigenvalue weighted by molar-refractivity contribution is 0.108. The van der Waals surface area contributed by atoms with Crippen LogP contribution in [0.15, 0.2) is 141 Å². The third-order valence-electron chi connectivity index (χ3n) is 19.5. The number of nitrogens with zero attached hydrogens (tertiary/aromatic N) is 10. The summed E-state index contributed by atoms with van der Waals surface area (Å²) in [4.78, 5) is 10.6. The van der Waals surface area contributed by atoms with E-state index in [1.54, 1.807) is 74.2 Å². The van der Waals surface area contributed by atoms with E-state index in [-0.39, 0.29) is 29.0 Å². The number of aliphatic hydroxyl groups is 2. The molecular formula is C81H106BrClN10O12Si2. The van der Waals surface area contributed by atoms with Crippen LogP contribution in [0.25, 0.3) is 67.3 Å². The number of halogens is 2. The van der Waals surface area contributed by atoms with E-state index in [1.807, 2.05) is 156 Å². The number of carbonyl (C=O) groups is 1. The summed E-state index contributed by atoms with van der Waals surface area (Å²) in [5.41, 5.74) is 17.9. The molecule has 5 aromatic carbocycles. The number of aromatic nitrogens is 10. The van der Waals surface area contributed by atoms with Gasteiger partial charge in [0, 0.05) is 136 Å². The predicted molar refractivity (Wildman–Crippen MR) is 432 cm³/mol. The summed E-state index contributed by atoms with van der Waals surface area (Å²) in [6.07, 6.45) is 2.72. The van der Waals surface area contributed by atoms with Crippen molar-refractivity contribution in [2.45, 2.75) is 131 Å². The summed E-state index contributed by atoms with van der Waals surface area (Å²) < 4.78 is 52.7. The van der Waals surface area contributed by atoms with Gasteiger partial charge in [0.1, 0.15) is 57.3 Å². The van der Waals surface area contributed by atoms with Crippen molar-refractivity contribution in [2.24, 2.45) is 28.2 Å². The number of methoxy groups -OCH3 is 4. The number of hydrogen-bond donors (Lipinski definition) is 3. The third-order valence-corrected chi connectivity index (χ3v) is 29.6. The molecule has 0 unspecified atom stereocenters. The summed E-state index contributed by atoms with van der Waals surface area (Å²) in [5, 5.41) is 54.7. The first kappa shape index (κ1) is 85.3. The molecule has 0 aliphatic rings. The maximum Gasteiger partial charge on any atom is 0.252 e. The van der Waals surface area contributed by atoms with E-state index in [0.29, 0.717) is 30.8 Å². The fourth-order valence-corrected chi connectivity index (χ4v) is 14.2. The van der Waals surface area contributed by atoms with Crippen LogP contribution in [0.2, 0.25) is 36.3 Å². The van der Waals surface area contributed by atoms with Crippen LogP contribution in [-0.2, 0) is 62.7 Å². The molecule has 6 heterocycles. The van der Waals surface area contributed by atoms with Crippen molar-refractivity contribution < 1.29 is 57.0 Å². The zero-order valence-corrected chi connectivity index (χ0v) is 70.4. The van der Waals surface area contributed by atoms with E-state index in [4.69, 9.17) is 58.7 Å². The molecule has 0 saturated carbocycles. The van der Waals surface area contributed by atoms with Gasteiger partial charge in [-0.2, -0.15) is 20.4 Å². The molecule has 0 amide bonds. The molecule has 107 heavy (non-hydrogen) atoms. The highest BCUT2D eigenvalue weighted by molar-refractivity contribution is 9.10. The average molecular weight is 1580 g/mol. The molecule has 0 atom stereocenters. The van der Waals surface area contributed by atoms with Gasteiger partial charge >= 0.3 is 0 Å². The van der Waals surface area contributed by atoms with Crippen molar-refractivity contribution in [3.63, 3.8) is 0 Å². The Morgan fingerprint density at radius 3 is 1.19 bits per heavy atom. The van der Waals surface area contributed by atoms with Gasteiger partial charge in [0.25, 0.3) is 5.24 Å². The fraction of sp³-hybridized carbons (Fsp3) is 0.395. The molecule has 574 valence electrons. The van der Waals surface area contributed by atoms with Crippen molar-refractivity contribution in [1.29, 1.82) is 0 Å². The van der Waals surface area contributed by atoms with Crippen LogP contribution >= 0.6 is 27.5 Å². The number of aryl methyl sites for hydroxylation is 8. The molecule has 22 nitrogen and oxygen atoms in total. The maximum atomic E-state index is 10.6. The smallest absolute Gasteiger partial charge is 0.252 e. The molecule has 26 heteroatoms. The lowest BCUT2D eigenvalue weighted by Gasteiger charge is -2.36. The van der Waals surface area contributed by atoms with E-state index in [2.05, 4.69) is 109 Å². The van der Waals surface area contributed by atoms with Crippen LogP contribution in [0, 0.1) is 27.7 Å². The number of hydrogen-bond acceptors (Lipinski definition) is 18. The van der Waals surface area contributed by atoms with Crippen LogP contribution < -0.4 is 18.9 Å². The monoisotopic (exact) mass is 1580 g/mol. The summed E-state index contributed by atoms with van der Waals surface area (Å²) >= 11 is 8.95. The van der Waals surface area contributed by atoms with Gasteiger partial charge < -0.3 is 52.2 Å². The average Bonchev–Trinajstić information content (AvgIpc) is 1.62. The molecule has 0 radical (unpaired) electrons. The first-order chi connectivity index (χ1) is 50.5. The maximum absolute atomic E-state index is 10.6. The van der Waals surface area contributed by atoms with Crippen molar-refractivity contribution in [3.8, 4) is 96.0 Å². The van der Waals surface area contributed by atoms with Gasteiger partial charge in [-0.25, -0.2) is 0 Å². The number of carbonyl (C=O) groups excluding carboxylic acids is 1. The van der Waals surface area contributed by atoms with Crippen molar-refractivity contribution >= 4 is 49.4 Å². The molecule has 0 aliphatic carbocycles. The van der Waals surface area contributed by atoms with Gasteiger partial charge in [-0.15, -0.1) is 0 Å². The lowest BCUT2D eigenvalue weighted by Crippen LogP contribution is -2.41. The van der Waals surface area contributed by atoms with Crippen molar-refractivity contribution in [2.75, 3.05) is 54.9 Å². The Bertz CT molecular complexity index is 4620.